The summed E-state index contributed by atoms with van der Waals surface area (Å²) in [5.74, 6) is -0.00503. The molecule has 28 heavy (non-hydrogen) atoms. The molecule has 3 aromatic rings. The molecule has 4 nitrogen and oxygen atoms in total. The van der Waals surface area contributed by atoms with Crippen molar-refractivity contribution in [3.63, 3.8) is 0 Å². The van der Waals surface area contributed by atoms with Crippen LogP contribution in [0.2, 0.25) is 0 Å². The van der Waals surface area contributed by atoms with Crippen molar-refractivity contribution in [2.45, 2.75) is 13.8 Å². The fraction of sp³-hybridized carbons (Fsp3) is 0.0833. The second-order valence-corrected chi connectivity index (χ2v) is 6.59. The third-order valence-corrected chi connectivity index (χ3v) is 4.62. The fourth-order valence-corrected chi connectivity index (χ4v) is 2.88. The number of benzene rings is 3. The van der Waals surface area contributed by atoms with Crippen LogP contribution in [0.25, 0.3) is 0 Å². The van der Waals surface area contributed by atoms with Crippen LogP contribution in [-0.4, -0.2) is 23.0 Å². The van der Waals surface area contributed by atoms with E-state index in [2.05, 4.69) is 0 Å². The average Bonchev–Trinajstić information content (AvgIpc) is 2.73. The van der Waals surface area contributed by atoms with E-state index >= 15 is 0 Å². The van der Waals surface area contributed by atoms with Crippen LogP contribution in [0.1, 0.15) is 56.8 Å². The van der Waals surface area contributed by atoms with Gasteiger partial charge in [0.1, 0.15) is 0 Å². The Morgan fingerprint density at radius 1 is 0.464 bits per heavy atom. The van der Waals surface area contributed by atoms with Gasteiger partial charge < -0.3 is 0 Å². The lowest BCUT2D eigenvalue weighted by molar-refractivity contribution is 0.100. The molecule has 0 aliphatic carbocycles. The highest BCUT2D eigenvalue weighted by Crippen LogP contribution is 2.16. The van der Waals surface area contributed by atoms with Crippen LogP contribution in [0.5, 0.6) is 0 Å². The predicted octanol–water partition coefficient (Wildman–Crippen LogP) is 4.92. The van der Waals surface area contributed by atoms with E-state index in [1.165, 1.54) is 13.8 Å². The number of carbonyl (C=O) groups is 2. The fourth-order valence-electron chi connectivity index (χ4n) is 2.88. The lowest BCUT2D eigenvalue weighted by Crippen LogP contribution is -2.05. The Bertz CT molecular complexity index is 973. The number of hydrogen-bond donors (Lipinski definition) is 2. The Hall–Kier alpha value is -3.66. The molecular weight excluding hydrogens is 348 g/mol. The summed E-state index contributed by atoms with van der Waals surface area (Å²) in [5.41, 5.74) is 4.89. The average molecular weight is 368 g/mol. The summed E-state index contributed by atoms with van der Waals surface area (Å²) in [5, 5.41) is 16.8. The zero-order chi connectivity index (χ0) is 20.3. The van der Waals surface area contributed by atoms with E-state index in [-0.39, 0.29) is 11.6 Å². The molecule has 0 aliphatic heterocycles. The monoisotopic (exact) mass is 368 g/mol. The molecule has 0 amide bonds. The number of Topliss-reactive ketones (excluding diaryl/α,β-unsaturated/α-hetero) is 2. The Labute approximate surface area is 163 Å². The highest BCUT2D eigenvalue weighted by atomic mass is 16.1. The molecule has 0 heterocycles. The topological polar surface area (TPSA) is 81.8 Å². The zero-order valence-corrected chi connectivity index (χ0v) is 15.7. The SMILES string of the molecule is CC(=O)c1ccc(C(=N)c2ccc(C(=N)c3ccc(C(C)=O)cc3)cc2)cc1. The first-order chi connectivity index (χ1) is 13.4. The molecule has 0 radical (unpaired) electrons. The van der Waals surface area contributed by atoms with Crippen molar-refractivity contribution in [1.82, 2.24) is 0 Å². The van der Waals surface area contributed by atoms with E-state index in [0.717, 1.165) is 22.3 Å². The van der Waals surface area contributed by atoms with Gasteiger partial charge in [-0.15, -0.1) is 0 Å². The highest BCUT2D eigenvalue weighted by Gasteiger charge is 2.09. The molecule has 0 unspecified atom stereocenters. The standard InChI is InChI=1S/C24H20N2O2/c1-15(27)17-3-7-19(8-4-17)23(25)21-11-13-22(14-12-21)24(26)20-9-5-18(6-10-20)16(2)28/h3-14,25-26H,1-2H3. The third-order valence-electron chi connectivity index (χ3n) is 4.62. The van der Waals surface area contributed by atoms with Crippen LogP contribution in [0.15, 0.2) is 72.8 Å². The van der Waals surface area contributed by atoms with Gasteiger partial charge in [0.05, 0.1) is 11.4 Å². The van der Waals surface area contributed by atoms with Gasteiger partial charge >= 0.3 is 0 Å². The van der Waals surface area contributed by atoms with Crippen LogP contribution in [0.4, 0.5) is 0 Å². The van der Waals surface area contributed by atoms with Gasteiger partial charge in [-0.3, -0.25) is 20.4 Å². The molecule has 0 spiro atoms. The van der Waals surface area contributed by atoms with Crippen LogP contribution in [0, 0.1) is 10.8 Å². The normalized spacial score (nSPS) is 10.4. The maximum Gasteiger partial charge on any atom is 0.159 e. The lowest BCUT2D eigenvalue weighted by Gasteiger charge is -2.08. The zero-order valence-electron chi connectivity index (χ0n) is 15.7. The number of nitrogens with one attached hydrogen (secondary N) is 2. The molecule has 0 atom stereocenters. The van der Waals surface area contributed by atoms with Gasteiger partial charge in [-0.05, 0) is 13.8 Å². The van der Waals surface area contributed by atoms with E-state index in [1.54, 1.807) is 48.5 Å². The summed E-state index contributed by atoms with van der Waals surface area (Å²) < 4.78 is 0. The second kappa shape index (κ2) is 7.92. The number of hydrogen-bond acceptors (Lipinski definition) is 4. The van der Waals surface area contributed by atoms with Crippen molar-refractivity contribution in [1.29, 1.82) is 10.8 Å². The molecule has 4 heteroatoms. The molecule has 138 valence electrons. The van der Waals surface area contributed by atoms with E-state index < -0.39 is 0 Å². The Morgan fingerprint density at radius 3 is 0.821 bits per heavy atom. The van der Waals surface area contributed by atoms with Crippen LogP contribution in [-0.2, 0) is 0 Å². The predicted molar refractivity (Wildman–Crippen MR) is 111 cm³/mol. The van der Waals surface area contributed by atoms with Crippen molar-refractivity contribution in [3.05, 3.63) is 106 Å². The first-order valence-corrected chi connectivity index (χ1v) is 8.87. The summed E-state index contributed by atoms with van der Waals surface area (Å²) in [6, 6.07) is 21.2. The number of ketones is 2. The van der Waals surface area contributed by atoms with Gasteiger partial charge in [0, 0.05) is 33.4 Å². The van der Waals surface area contributed by atoms with Gasteiger partial charge in [0.2, 0.25) is 0 Å². The largest absolute Gasteiger partial charge is 0.300 e. The summed E-state index contributed by atoms with van der Waals surface area (Å²) in [4.78, 5) is 22.8. The summed E-state index contributed by atoms with van der Waals surface area (Å²) in [7, 11) is 0. The van der Waals surface area contributed by atoms with Crippen molar-refractivity contribution in [2.75, 3.05) is 0 Å². The van der Waals surface area contributed by atoms with Crippen molar-refractivity contribution >= 4 is 23.0 Å². The number of rotatable bonds is 6. The van der Waals surface area contributed by atoms with E-state index in [0.29, 0.717) is 22.6 Å². The maximum atomic E-state index is 11.4. The van der Waals surface area contributed by atoms with Gasteiger partial charge in [0.15, 0.2) is 11.6 Å². The van der Waals surface area contributed by atoms with Crippen LogP contribution >= 0.6 is 0 Å². The minimum absolute atomic E-state index is 0.00252. The molecule has 0 aliphatic rings. The Balaban J connectivity index is 1.78. The van der Waals surface area contributed by atoms with Crippen molar-refractivity contribution in [3.8, 4) is 0 Å². The molecule has 0 saturated carbocycles. The molecular formula is C24H20N2O2. The van der Waals surface area contributed by atoms with Crippen molar-refractivity contribution < 1.29 is 9.59 Å². The summed E-state index contributed by atoms with van der Waals surface area (Å²) in [6.45, 7) is 3.03. The van der Waals surface area contributed by atoms with Gasteiger partial charge in [-0.1, -0.05) is 72.8 Å². The minimum Gasteiger partial charge on any atom is -0.300 e. The molecule has 0 fully saturated rings. The van der Waals surface area contributed by atoms with Gasteiger partial charge in [-0.2, -0.15) is 0 Å². The quantitative estimate of drug-likeness (QED) is 0.478. The Morgan fingerprint density at radius 2 is 0.643 bits per heavy atom. The first-order valence-electron chi connectivity index (χ1n) is 8.87. The highest BCUT2D eigenvalue weighted by molar-refractivity contribution is 6.14. The van der Waals surface area contributed by atoms with Crippen molar-refractivity contribution in [2.24, 2.45) is 0 Å². The van der Waals surface area contributed by atoms with Crippen LogP contribution < -0.4 is 0 Å². The molecule has 0 bridgehead atoms. The van der Waals surface area contributed by atoms with E-state index in [1.807, 2.05) is 24.3 Å². The summed E-state index contributed by atoms with van der Waals surface area (Å²) >= 11 is 0. The molecule has 0 saturated heterocycles. The Kier molecular flexibility index (Phi) is 5.41. The van der Waals surface area contributed by atoms with Gasteiger partial charge in [-0.25, -0.2) is 0 Å². The lowest BCUT2D eigenvalue weighted by atomic mass is 9.96. The van der Waals surface area contributed by atoms with Gasteiger partial charge in [0.25, 0.3) is 0 Å². The molecule has 0 aromatic heterocycles. The first kappa shape index (κ1) is 19.1. The van der Waals surface area contributed by atoms with E-state index in [9.17, 15) is 9.59 Å². The van der Waals surface area contributed by atoms with Crippen LogP contribution in [0.3, 0.4) is 0 Å². The smallest absolute Gasteiger partial charge is 0.159 e. The summed E-state index contributed by atoms with van der Waals surface area (Å²) in [6.07, 6.45) is 0. The van der Waals surface area contributed by atoms with E-state index in [4.69, 9.17) is 10.8 Å². The molecule has 3 aromatic carbocycles. The molecule has 2 N–H and O–H groups in total. The maximum absolute atomic E-state index is 11.4. The minimum atomic E-state index is -0.00252. The third kappa shape index (κ3) is 4.01. The number of carbonyl (C=O) groups excluding carboxylic acids is 2. The second-order valence-electron chi connectivity index (χ2n) is 6.59. The molecule has 3 rings (SSSR count).